The van der Waals surface area contributed by atoms with E-state index in [1.54, 1.807) is 0 Å². The zero-order valence-corrected chi connectivity index (χ0v) is 13.4. The van der Waals surface area contributed by atoms with Crippen molar-refractivity contribution in [2.24, 2.45) is 5.92 Å². The van der Waals surface area contributed by atoms with Crippen LogP contribution in [0.25, 0.3) is 0 Å². The fraction of sp³-hybridized carbons (Fsp3) is 0.938. The Morgan fingerprint density at radius 2 is 1.86 bits per heavy atom. The fourth-order valence-electron chi connectivity index (χ4n) is 3.91. The van der Waals surface area contributed by atoms with Gasteiger partial charge in [-0.1, -0.05) is 12.8 Å². The van der Waals surface area contributed by atoms with Gasteiger partial charge in [0, 0.05) is 18.6 Å². The summed E-state index contributed by atoms with van der Waals surface area (Å²) in [5.41, 5.74) is -0.451. The van der Waals surface area contributed by atoms with Gasteiger partial charge in [0.1, 0.15) is 5.60 Å². The minimum atomic E-state index is -0.451. The molecule has 0 bridgehead atoms. The minimum absolute atomic E-state index is 0.146. The maximum absolute atomic E-state index is 12.0. The zero-order valence-electron chi connectivity index (χ0n) is 13.4. The van der Waals surface area contributed by atoms with Crippen molar-refractivity contribution in [2.75, 3.05) is 6.61 Å². The number of nitrogens with one attached hydrogen (secondary N) is 2. The van der Waals surface area contributed by atoms with Gasteiger partial charge in [-0.2, -0.15) is 0 Å². The van der Waals surface area contributed by atoms with Crippen LogP contribution in [0.2, 0.25) is 0 Å². The Morgan fingerprint density at radius 1 is 1.14 bits per heavy atom. The van der Waals surface area contributed by atoms with E-state index in [1.807, 2.05) is 20.8 Å². The van der Waals surface area contributed by atoms with E-state index in [0.29, 0.717) is 12.0 Å². The molecule has 0 spiro atoms. The first-order valence-corrected chi connectivity index (χ1v) is 8.31. The van der Waals surface area contributed by atoms with E-state index in [0.717, 1.165) is 13.0 Å². The lowest BCUT2D eigenvalue weighted by Crippen LogP contribution is -2.71. The Kier molecular flexibility index (Phi) is 4.14. The summed E-state index contributed by atoms with van der Waals surface area (Å²) in [6.07, 6.45) is 6.10. The highest BCUT2D eigenvalue weighted by Crippen LogP contribution is 2.40. The molecular formula is C16H28N2O3. The predicted molar refractivity (Wildman–Crippen MR) is 80.2 cm³/mol. The molecule has 21 heavy (non-hydrogen) atoms. The summed E-state index contributed by atoms with van der Waals surface area (Å²) in [7, 11) is 0. The number of amides is 1. The van der Waals surface area contributed by atoms with Gasteiger partial charge in [-0.3, -0.25) is 0 Å². The van der Waals surface area contributed by atoms with Crippen molar-refractivity contribution in [3.05, 3.63) is 0 Å². The molecule has 3 aliphatic rings. The van der Waals surface area contributed by atoms with E-state index in [1.165, 1.54) is 25.7 Å². The fourth-order valence-corrected chi connectivity index (χ4v) is 3.91. The van der Waals surface area contributed by atoms with E-state index in [-0.39, 0.29) is 24.3 Å². The topological polar surface area (TPSA) is 59.6 Å². The third-order valence-corrected chi connectivity index (χ3v) is 4.85. The van der Waals surface area contributed by atoms with Crippen molar-refractivity contribution in [2.45, 2.75) is 82.7 Å². The van der Waals surface area contributed by atoms with Crippen molar-refractivity contribution in [3.8, 4) is 0 Å². The summed E-state index contributed by atoms with van der Waals surface area (Å²) >= 11 is 0. The molecule has 1 amide bonds. The number of carbonyl (C=O) groups excluding carboxylic acids is 1. The molecular weight excluding hydrogens is 268 g/mol. The molecule has 4 unspecified atom stereocenters. The highest BCUT2D eigenvalue weighted by atomic mass is 16.6. The van der Waals surface area contributed by atoms with Gasteiger partial charge in [0.15, 0.2) is 0 Å². The molecule has 0 aromatic heterocycles. The average molecular weight is 296 g/mol. The number of carbonyl (C=O) groups is 1. The van der Waals surface area contributed by atoms with Crippen LogP contribution in [0, 0.1) is 5.92 Å². The summed E-state index contributed by atoms with van der Waals surface area (Å²) in [4.78, 5) is 12.0. The Balaban J connectivity index is 1.57. The number of hydrogen-bond donors (Lipinski definition) is 2. The third kappa shape index (κ3) is 3.34. The molecule has 1 aliphatic heterocycles. The second-order valence-corrected chi connectivity index (χ2v) is 7.63. The summed E-state index contributed by atoms with van der Waals surface area (Å²) in [5.74, 6) is 0.441. The summed E-state index contributed by atoms with van der Waals surface area (Å²) in [6, 6.07) is 0.976. The van der Waals surface area contributed by atoms with Crippen LogP contribution in [-0.2, 0) is 9.47 Å². The van der Waals surface area contributed by atoms with Crippen molar-refractivity contribution < 1.29 is 14.3 Å². The summed E-state index contributed by atoms with van der Waals surface area (Å²) < 4.78 is 11.2. The van der Waals surface area contributed by atoms with Gasteiger partial charge in [0.2, 0.25) is 0 Å². The van der Waals surface area contributed by atoms with Crippen LogP contribution in [0.4, 0.5) is 4.79 Å². The van der Waals surface area contributed by atoms with Crippen molar-refractivity contribution >= 4 is 6.09 Å². The monoisotopic (exact) mass is 296 g/mol. The van der Waals surface area contributed by atoms with E-state index in [2.05, 4.69) is 10.6 Å². The van der Waals surface area contributed by atoms with Crippen molar-refractivity contribution in [3.63, 3.8) is 0 Å². The van der Waals surface area contributed by atoms with Crippen LogP contribution >= 0.6 is 0 Å². The molecule has 3 fully saturated rings. The molecule has 0 radical (unpaired) electrons. The van der Waals surface area contributed by atoms with Crippen molar-refractivity contribution in [1.29, 1.82) is 0 Å². The first kappa shape index (κ1) is 15.1. The summed E-state index contributed by atoms with van der Waals surface area (Å²) in [6.45, 7) is 6.49. The SMILES string of the molecule is CC(C)(C)OC(=O)NC1C2CCOC2C1NC1CCCC1. The molecule has 0 aromatic carbocycles. The Bertz CT molecular complexity index is 387. The Labute approximate surface area is 127 Å². The van der Waals surface area contributed by atoms with Gasteiger partial charge in [0.05, 0.1) is 18.2 Å². The number of ether oxygens (including phenoxy) is 2. The lowest BCUT2D eigenvalue weighted by molar-refractivity contribution is -0.0374. The van der Waals surface area contributed by atoms with Gasteiger partial charge in [-0.15, -0.1) is 0 Å². The van der Waals surface area contributed by atoms with Gasteiger partial charge >= 0.3 is 6.09 Å². The highest BCUT2D eigenvalue weighted by Gasteiger charge is 2.55. The van der Waals surface area contributed by atoms with E-state index in [4.69, 9.17) is 9.47 Å². The smallest absolute Gasteiger partial charge is 0.407 e. The lowest BCUT2D eigenvalue weighted by atomic mass is 9.71. The van der Waals surface area contributed by atoms with Gasteiger partial charge in [-0.05, 0) is 40.0 Å². The Morgan fingerprint density at radius 3 is 2.52 bits per heavy atom. The molecule has 3 rings (SSSR count). The zero-order chi connectivity index (χ0) is 15.0. The Hall–Kier alpha value is -0.810. The van der Waals surface area contributed by atoms with E-state index < -0.39 is 5.60 Å². The minimum Gasteiger partial charge on any atom is -0.444 e. The normalized spacial score (nSPS) is 36.1. The van der Waals surface area contributed by atoms with Gasteiger partial charge in [-0.25, -0.2) is 4.79 Å². The number of rotatable bonds is 3. The molecule has 0 aromatic rings. The lowest BCUT2D eigenvalue weighted by Gasteiger charge is -2.49. The average Bonchev–Trinajstić information content (AvgIpc) is 3.01. The van der Waals surface area contributed by atoms with Crippen molar-refractivity contribution in [1.82, 2.24) is 10.6 Å². The second kappa shape index (κ2) is 5.76. The molecule has 4 atom stereocenters. The van der Waals surface area contributed by atoms with Gasteiger partial charge in [0.25, 0.3) is 0 Å². The van der Waals surface area contributed by atoms with Crippen LogP contribution in [0.3, 0.4) is 0 Å². The highest BCUT2D eigenvalue weighted by molar-refractivity contribution is 5.68. The van der Waals surface area contributed by atoms with E-state index in [9.17, 15) is 4.79 Å². The van der Waals surface area contributed by atoms with Crippen LogP contribution < -0.4 is 10.6 Å². The molecule has 2 saturated carbocycles. The first-order chi connectivity index (χ1) is 9.94. The molecule has 2 N–H and O–H groups in total. The maximum Gasteiger partial charge on any atom is 0.407 e. The van der Waals surface area contributed by atoms with E-state index >= 15 is 0 Å². The maximum atomic E-state index is 12.0. The molecule has 5 heteroatoms. The largest absolute Gasteiger partial charge is 0.444 e. The van der Waals surface area contributed by atoms with Crippen LogP contribution in [-0.4, -0.2) is 42.5 Å². The molecule has 5 nitrogen and oxygen atoms in total. The number of hydrogen-bond acceptors (Lipinski definition) is 4. The van der Waals surface area contributed by atoms with Crippen LogP contribution in [0.5, 0.6) is 0 Å². The van der Waals surface area contributed by atoms with Crippen LogP contribution in [0.15, 0.2) is 0 Å². The number of alkyl carbamates (subject to hydrolysis) is 1. The second-order valence-electron chi connectivity index (χ2n) is 7.63. The number of fused-ring (bicyclic) bond motifs is 1. The third-order valence-electron chi connectivity index (χ3n) is 4.85. The molecule has 1 heterocycles. The summed E-state index contributed by atoms with van der Waals surface area (Å²) in [5, 5.41) is 6.77. The standard InChI is InChI=1S/C16H28N2O3/c1-16(2,3)21-15(19)18-12-11-8-9-20-14(11)13(12)17-10-6-4-5-7-10/h10-14,17H,4-9H2,1-3H3,(H,18,19). The predicted octanol–water partition coefficient (Wildman–Crippen LogP) is 2.20. The van der Waals surface area contributed by atoms with Gasteiger partial charge < -0.3 is 20.1 Å². The molecule has 2 aliphatic carbocycles. The quantitative estimate of drug-likeness (QED) is 0.838. The van der Waals surface area contributed by atoms with Crippen LogP contribution in [0.1, 0.15) is 52.9 Å². The molecule has 1 saturated heterocycles. The first-order valence-electron chi connectivity index (χ1n) is 8.31. The molecule has 120 valence electrons.